The molecule has 0 atom stereocenters. The van der Waals surface area contributed by atoms with Gasteiger partial charge in [-0.2, -0.15) is 0 Å². The summed E-state index contributed by atoms with van der Waals surface area (Å²) in [5, 5.41) is 11.9. The normalized spacial score (nSPS) is 10.3. The van der Waals surface area contributed by atoms with Gasteiger partial charge in [0.1, 0.15) is 17.2 Å². The summed E-state index contributed by atoms with van der Waals surface area (Å²) >= 11 is 0. The van der Waals surface area contributed by atoms with Gasteiger partial charge >= 0.3 is 0 Å². The summed E-state index contributed by atoms with van der Waals surface area (Å²) in [6.45, 7) is 4.22. The lowest BCUT2D eigenvalue weighted by atomic mass is 10.7. The average molecular weight is 264 g/mol. The van der Waals surface area contributed by atoms with Gasteiger partial charge in [0, 0.05) is 0 Å². The molecule has 0 unspecified atom stereocenters. The number of aliphatic hydroxyl groups excluding tert-OH is 1. The van der Waals surface area contributed by atoms with E-state index in [0.717, 1.165) is 0 Å². The van der Waals surface area contributed by atoms with Crippen LogP contribution in [-0.2, 0) is 18.9 Å². The maximum absolute atomic E-state index is 8.44. The first-order valence-corrected chi connectivity index (χ1v) is 5.87. The molecule has 2 N–H and O–H groups in total. The third-order valence-electron chi connectivity index (χ3n) is 1.76. The van der Waals surface area contributed by atoms with Crippen molar-refractivity contribution >= 4 is 0 Å². The Kier molecular flexibility index (Phi) is 15.3. The standard InChI is InChI=1S/C10H22N3O5/c11-13-12-1-3-15-5-7-17-9-10-18-8-6-16-4-2-14/h11,14H,1-10H2/q+1. The predicted octanol–water partition coefficient (Wildman–Crippen LogP) is -0.405. The zero-order chi connectivity index (χ0) is 13.3. The number of ether oxygens (including phenoxy) is 4. The highest BCUT2D eigenvalue weighted by Crippen LogP contribution is 1.82. The van der Waals surface area contributed by atoms with Crippen LogP contribution in [0, 0.1) is 5.53 Å². The lowest BCUT2D eigenvalue weighted by molar-refractivity contribution is -0.00486. The molecular formula is C10H22N3O5+. The number of nitrogens with zero attached hydrogens (tertiary/aromatic N) is 2. The van der Waals surface area contributed by atoms with Gasteiger partial charge < -0.3 is 24.1 Å². The van der Waals surface area contributed by atoms with E-state index in [-0.39, 0.29) is 6.61 Å². The van der Waals surface area contributed by atoms with Crippen molar-refractivity contribution in [3.05, 3.63) is 0 Å². The molecule has 0 aromatic rings. The van der Waals surface area contributed by atoms with Crippen LogP contribution in [0.4, 0.5) is 0 Å². The zero-order valence-electron chi connectivity index (χ0n) is 10.5. The first-order valence-electron chi connectivity index (χ1n) is 5.87. The fraction of sp³-hybridized carbons (Fsp3) is 1.00. The molecule has 0 heterocycles. The van der Waals surface area contributed by atoms with Gasteiger partial charge in [0.05, 0.1) is 59.5 Å². The summed E-state index contributed by atoms with van der Waals surface area (Å²) in [6, 6.07) is 0. The molecule has 0 aliphatic carbocycles. The van der Waals surface area contributed by atoms with Crippen LogP contribution in [-0.4, -0.2) is 71.1 Å². The maximum Gasteiger partial charge on any atom is 0.214 e. The summed E-state index contributed by atoms with van der Waals surface area (Å²) in [4.78, 5) is 2.85. The van der Waals surface area contributed by atoms with E-state index >= 15 is 0 Å². The number of hydrogen-bond donors (Lipinski definition) is 2. The van der Waals surface area contributed by atoms with Gasteiger partial charge in [-0.25, -0.2) is 0 Å². The molecule has 8 heteroatoms. The van der Waals surface area contributed by atoms with E-state index in [2.05, 4.69) is 10.0 Å². The monoisotopic (exact) mass is 264 g/mol. The second-order valence-electron chi connectivity index (χ2n) is 3.14. The summed E-state index contributed by atoms with van der Waals surface area (Å²) in [5.41, 5.74) is 6.41. The molecule has 0 aromatic carbocycles. The van der Waals surface area contributed by atoms with E-state index in [1.807, 2.05) is 0 Å². The minimum Gasteiger partial charge on any atom is -0.394 e. The lowest BCUT2D eigenvalue weighted by Gasteiger charge is -2.06. The second-order valence-corrected chi connectivity index (χ2v) is 3.14. The molecule has 0 bridgehead atoms. The van der Waals surface area contributed by atoms with Crippen molar-refractivity contribution in [1.29, 1.82) is 5.53 Å². The van der Waals surface area contributed by atoms with E-state index in [0.29, 0.717) is 59.4 Å². The Hall–Kier alpha value is -0.890. The molecule has 0 aromatic heterocycles. The maximum atomic E-state index is 8.44. The molecule has 0 fully saturated rings. The second kappa shape index (κ2) is 16.1. The molecule has 0 saturated heterocycles. The van der Waals surface area contributed by atoms with Crippen LogP contribution < -0.4 is 4.91 Å². The number of nitrogens with one attached hydrogen (secondary N) is 1. The van der Waals surface area contributed by atoms with E-state index in [9.17, 15) is 0 Å². The minimum atomic E-state index is 0.0340. The highest BCUT2D eigenvalue weighted by atomic mass is 16.6. The van der Waals surface area contributed by atoms with Crippen molar-refractivity contribution in [3.8, 4) is 0 Å². The molecule has 0 aliphatic heterocycles. The van der Waals surface area contributed by atoms with E-state index in [1.54, 1.807) is 0 Å². The Morgan fingerprint density at radius 1 is 0.778 bits per heavy atom. The van der Waals surface area contributed by atoms with Gasteiger partial charge in [0.15, 0.2) is 0 Å². The first kappa shape index (κ1) is 17.1. The summed E-state index contributed by atoms with van der Waals surface area (Å²) in [5.74, 6) is 0. The number of hydrogen-bond acceptors (Lipinski definition) is 7. The van der Waals surface area contributed by atoms with Crippen LogP contribution >= 0.6 is 0 Å². The Labute approximate surface area is 106 Å². The topological polar surface area (TPSA) is 107 Å². The Morgan fingerprint density at radius 2 is 1.22 bits per heavy atom. The van der Waals surface area contributed by atoms with Gasteiger partial charge in [-0.3, -0.25) is 0 Å². The zero-order valence-corrected chi connectivity index (χ0v) is 10.5. The molecule has 0 radical (unpaired) electrons. The van der Waals surface area contributed by atoms with Crippen LogP contribution in [0.15, 0.2) is 5.11 Å². The molecular weight excluding hydrogens is 242 g/mol. The predicted molar refractivity (Wildman–Crippen MR) is 62.5 cm³/mol. The largest absolute Gasteiger partial charge is 0.394 e. The van der Waals surface area contributed by atoms with E-state index in [4.69, 9.17) is 29.6 Å². The van der Waals surface area contributed by atoms with Crippen molar-refractivity contribution in [3.63, 3.8) is 0 Å². The van der Waals surface area contributed by atoms with Gasteiger partial charge in [-0.05, 0) is 0 Å². The molecule has 8 nitrogen and oxygen atoms in total. The highest BCUT2D eigenvalue weighted by molar-refractivity contribution is 4.36. The third-order valence-corrected chi connectivity index (χ3v) is 1.76. The van der Waals surface area contributed by atoms with Crippen LogP contribution in [0.3, 0.4) is 0 Å². The van der Waals surface area contributed by atoms with Crippen molar-refractivity contribution in [2.45, 2.75) is 0 Å². The van der Waals surface area contributed by atoms with Crippen LogP contribution in [0.2, 0.25) is 0 Å². The third kappa shape index (κ3) is 15.1. The molecule has 0 aliphatic rings. The Balaban J connectivity index is 2.92. The molecule has 18 heavy (non-hydrogen) atoms. The molecule has 0 saturated carbocycles. The van der Waals surface area contributed by atoms with Crippen LogP contribution in [0.1, 0.15) is 0 Å². The van der Waals surface area contributed by atoms with Gasteiger partial charge in [0.2, 0.25) is 4.91 Å². The van der Waals surface area contributed by atoms with Crippen LogP contribution in [0.5, 0.6) is 0 Å². The first-order chi connectivity index (χ1) is 8.91. The van der Waals surface area contributed by atoms with Crippen molar-refractivity contribution in [2.75, 3.05) is 66.0 Å². The fourth-order valence-electron chi connectivity index (χ4n) is 0.982. The summed E-state index contributed by atoms with van der Waals surface area (Å²) in [7, 11) is 0. The fourth-order valence-corrected chi connectivity index (χ4v) is 0.982. The van der Waals surface area contributed by atoms with E-state index < -0.39 is 0 Å². The molecule has 106 valence electrons. The molecule has 0 spiro atoms. The van der Waals surface area contributed by atoms with Gasteiger partial charge in [-0.1, -0.05) is 0 Å². The SMILES string of the molecule is N=[N+]=NCCOCCOCCOCCOCCO. The summed E-state index contributed by atoms with van der Waals surface area (Å²) < 4.78 is 20.6. The number of rotatable bonds is 14. The Bertz CT molecular complexity index is 212. The van der Waals surface area contributed by atoms with Crippen molar-refractivity contribution < 1.29 is 24.1 Å². The average Bonchev–Trinajstić information content (AvgIpc) is 2.39. The van der Waals surface area contributed by atoms with Crippen molar-refractivity contribution in [1.82, 2.24) is 4.91 Å². The minimum absolute atomic E-state index is 0.0340. The van der Waals surface area contributed by atoms with Gasteiger partial charge in [-0.15, -0.1) is 0 Å². The quantitative estimate of drug-likeness (QED) is 0.252. The highest BCUT2D eigenvalue weighted by Gasteiger charge is 1.93. The molecule has 0 rings (SSSR count). The number of aliphatic hydroxyl groups is 1. The van der Waals surface area contributed by atoms with Crippen molar-refractivity contribution in [2.24, 2.45) is 5.11 Å². The Morgan fingerprint density at radius 3 is 1.67 bits per heavy atom. The lowest BCUT2D eigenvalue weighted by Crippen LogP contribution is -2.13. The molecule has 0 amide bonds. The van der Waals surface area contributed by atoms with Crippen LogP contribution in [0.25, 0.3) is 0 Å². The van der Waals surface area contributed by atoms with Gasteiger partial charge in [0.25, 0.3) is 0 Å². The summed E-state index contributed by atoms with van der Waals surface area (Å²) in [6.07, 6.45) is 0. The smallest absolute Gasteiger partial charge is 0.214 e. The van der Waals surface area contributed by atoms with E-state index in [1.165, 1.54) is 0 Å².